The highest BCUT2D eigenvalue weighted by Gasteiger charge is 2.38. The summed E-state index contributed by atoms with van der Waals surface area (Å²) < 4.78 is 54.2. The number of hydrogen-bond acceptors (Lipinski definition) is 5. The molecule has 0 amide bonds. The average molecular weight is 446 g/mol. The van der Waals surface area contributed by atoms with Crippen LogP contribution in [0.15, 0.2) is 63.1 Å². The molecule has 0 bridgehead atoms. The maximum Gasteiger partial charge on any atom is 0.250 e. The summed E-state index contributed by atoms with van der Waals surface area (Å²) in [6.45, 7) is 2.35. The maximum atomic E-state index is 14.6. The molecule has 8 heteroatoms. The van der Waals surface area contributed by atoms with Crippen LogP contribution < -0.4 is 5.56 Å². The van der Waals surface area contributed by atoms with Crippen molar-refractivity contribution in [2.24, 2.45) is 7.05 Å². The molecule has 0 N–H and O–H groups in total. The van der Waals surface area contributed by atoms with E-state index in [1.165, 1.54) is 34.9 Å². The Morgan fingerprint density at radius 2 is 1.90 bits per heavy atom. The third kappa shape index (κ3) is 3.79. The van der Waals surface area contributed by atoms with Crippen LogP contribution in [0.3, 0.4) is 0 Å². The quantitative estimate of drug-likeness (QED) is 0.614. The zero-order valence-corrected chi connectivity index (χ0v) is 18.4. The van der Waals surface area contributed by atoms with Crippen molar-refractivity contribution in [3.63, 3.8) is 0 Å². The number of fused-ring (bicyclic) bond motifs is 1. The lowest BCUT2D eigenvalue weighted by atomic mass is 9.83. The van der Waals surface area contributed by atoms with E-state index in [4.69, 9.17) is 9.47 Å². The second-order valence-corrected chi connectivity index (χ2v) is 9.91. The lowest BCUT2D eigenvalue weighted by molar-refractivity contribution is -0.122. The smallest absolute Gasteiger partial charge is 0.250 e. The number of benzene rings is 2. The molecule has 6 nitrogen and oxygen atoms in total. The number of hydrogen-bond donors (Lipinski definition) is 0. The summed E-state index contributed by atoms with van der Waals surface area (Å²) in [5.74, 6) is -0.644. The van der Waals surface area contributed by atoms with Crippen molar-refractivity contribution < 1.29 is 22.3 Å². The molecule has 2 atom stereocenters. The fourth-order valence-corrected chi connectivity index (χ4v) is 5.61. The van der Waals surface area contributed by atoms with Crippen molar-refractivity contribution in [1.82, 2.24) is 4.57 Å². The molecule has 4 rings (SSSR count). The largest absolute Gasteiger partial charge is 0.378 e. The normalized spacial score (nSPS) is 22.0. The molecule has 1 aliphatic heterocycles. The van der Waals surface area contributed by atoms with Crippen molar-refractivity contribution in [3.8, 4) is 0 Å². The zero-order chi connectivity index (χ0) is 22.4. The summed E-state index contributed by atoms with van der Waals surface area (Å²) in [7, 11) is -0.832. The van der Waals surface area contributed by atoms with Crippen LogP contribution in [0.25, 0.3) is 10.9 Å². The number of halogens is 1. The van der Waals surface area contributed by atoms with E-state index in [1.807, 2.05) is 6.92 Å². The molecule has 2 unspecified atom stereocenters. The van der Waals surface area contributed by atoms with Gasteiger partial charge in [-0.15, -0.1) is 0 Å². The molecule has 2 aromatic carbocycles. The highest BCUT2D eigenvalue weighted by Crippen LogP contribution is 2.39. The van der Waals surface area contributed by atoms with E-state index in [0.717, 1.165) is 6.07 Å². The number of sulfone groups is 1. The minimum atomic E-state index is -4.00. The first-order valence-electron chi connectivity index (χ1n) is 9.99. The van der Waals surface area contributed by atoms with Gasteiger partial charge in [0.25, 0.3) is 5.56 Å². The summed E-state index contributed by atoms with van der Waals surface area (Å²) in [6, 6.07) is 11.3. The summed E-state index contributed by atoms with van der Waals surface area (Å²) >= 11 is 0. The van der Waals surface area contributed by atoms with Crippen LogP contribution in [0, 0.1) is 5.82 Å². The third-order valence-corrected chi connectivity index (χ3v) is 7.76. The zero-order valence-electron chi connectivity index (χ0n) is 17.6. The van der Waals surface area contributed by atoms with Gasteiger partial charge in [0.2, 0.25) is 9.84 Å². The van der Waals surface area contributed by atoms with Gasteiger partial charge >= 0.3 is 0 Å². The van der Waals surface area contributed by atoms with E-state index < -0.39 is 21.3 Å². The number of methoxy groups -OCH3 is 1. The summed E-state index contributed by atoms with van der Waals surface area (Å²) in [4.78, 5) is 11.7. The Bertz CT molecular complexity index is 1320. The topological polar surface area (TPSA) is 74.6 Å². The molecule has 1 aromatic heterocycles. The van der Waals surface area contributed by atoms with Crippen molar-refractivity contribution in [2.45, 2.75) is 41.3 Å². The van der Waals surface area contributed by atoms with Gasteiger partial charge in [0.1, 0.15) is 5.82 Å². The van der Waals surface area contributed by atoms with Gasteiger partial charge in [-0.1, -0.05) is 0 Å². The van der Waals surface area contributed by atoms with Crippen LogP contribution in [0.4, 0.5) is 4.39 Å². The molecule has 3 aromatic rings. The maximum absolute atomic E-state index is 14.6. The number of nitrogens with zero attached hydrogens (tertiary/aromatic N) is 1. The highest BCUT2D eigenvalue weighted by atomic mass is 32.2. The molecule has 0 spiro atoms. The molecule has 0 aliphatic carbocycles. The predicted octanol–water partition coefficient (Wildman–Crippen LogP) is 3.55. The fraction of sp³-hybridized carbons (Fsp3) is 0.348. The summed E-state index contributed by atoms with van der Waals surface area (Å²) in [5.41, 5.74) is 0.0901. The van der Waals surface area contributed by atoms with E-state index in [1.54, 1.807) is 26.3 Å². The molecule has 31 heavy (non-hydrogen) atoms. The first-order valence-corrected chi connectivity index (χ1v) is 11.5. The molecular weight excluding hydrogens is 421 g/mol. The fourth-order valence-electron chi connectivity index (χ4n) is 4.26. The summed E-state index contributed by atoms with van der Waals surface area (Å²) in [6.07, 6.45) is 0.904. The number of aromatic nitrogens is 1. The Hall–Kier alpha value is -2.55. The van der Waals surface area contributed by atoms with Gasteiger partial charge in [0.05, 0.1) is 33.6 Å². The first-order chi connectivity index (χ1) is 14.7. The second kappa shape index (κ2) is 7.85. The van der Waals surface area contributed by atoms with Crippen LogP contribution in [-0.2, 0) is 32.0 Å². The number of pyridine rings is 1. The average Bonchev–Trinajstić information content (AvgIpc) is 2.75. The minimum Gasteiger partial charge on any atom is -0.378 e. The van der Waals surface area contributed by atoms with Gasteiger partial charge < -0.3 is 14.0 Å². The van der Waals surface area contributed by atoms with E-state index in [0.29, 0.717) is 35.9 Å². The van der Waals surface area contributed by atoms with Gasteiger partial charge in [0, 0.05) is 33.1 Å². The third-order valence-electron chi connectivity index (χ3n) is 6.03. The van der Waals surface area contributed by atoms with Crippen molar-refractivity contribution in [3.05, 3.63) is 70.3 Å². The molecule has 1 fully saturated rings. The van der Waals surface area contributed by atoms with Crippen molar-refractivity contribution in [1.29, 1.82) is 0 Å². The minimum absolute atomic E-state index is 0.0296. The molecule has 164 valence electrons. The Morgan fingerprint density at radius 3 is 2.61 bits per heavy atom. The second-order valence-electron chi connectivity index (χ2n) is 7.96. The Balaban J connectivity index is 1.83. The SMILES string of the molecule is COC1(c2cc(F)cc(S(=O)(=O)c3ccc4c(ccc(=O)n4C)c3)c2)CCOC(C)C1. The monoisotopic (exact) mass is 445 g/mol. The Morgan fingerprint density at radius 1 is 1.13 bits per heavy atom. The van der Waals surface area contributed by atoms with Crippen LogP contribution in [-0.4, -0.2) is 32.8 Å². The van der Waals surface area contributed by atoms with Crippen molar-refractivity contribution in [2.75, 3.05) is 13.7 Å². The highest BCUT2D eigenvalue weighted by molar-refractivity contribution is 7.91. The van der Waals surface area contributed by atoms with Crippen molar-refractivity contribution >= 4 is 20.7 Å². The van der Waals surface area contributed by atoms with Gasteiger partial charge in [-0.25, -0.2) is 12.8 Å². The summed E-state index contributed by atoms with van der Waals surface area (Å²) in [5, 5.41) is 0.603. The molecule has 1 saturated heterocycles. The van der Waals surface area contributed by atoms with Gasteiger partial charge in [-0.2, -0.15) is 0 Å². The Labute approximate surface area is 180 Å². The lowest BCUT2D eigenvalue weighted by Gasteiger charge is -2.39. The van der Waals surface area contributed by atoms with Gasteiger partial charge in [-0.3, -0.25) is 4.79 Å². The Kier molecular flexibility index (Phi) is 5.49. The number of rotatable bonds is 4. The first kappa shape index (κ1) is 21.7. The van der Waals surface area contributed by atoms with Crippen LogP contribution >= 0.6 is 0 Å². The van der Waals surface area contributed by atoms with E-state index in [2.05, 4.69) is 0 Å². The van der Waals surface area contributed by atoms with Crippen LogP contribution in [0.1, 0.15) is 25.3 Å². The number of aryl methyl sites for hydroxylation is 1. The van der Waals surface area contributed by atoms with Gasteiger partial charge in [-0.05, 0) is 60.3 Å². The van der Waals surface area contributed by atoms with E-state index in [-0.39, 0.29) is 21.5 Å². The molecule has 2 heterocycles. The number of ether oxygens (including phenoxy) is 2. The molecular formula is C23H24FNO5S. The predicted molar refractivity (Wildman–Crippen MR) is 114 cm³/mol. The molecule has 1 aliphatic rings. The van der Waals surface area contributed by atoms with E-state index in [9.17, 15) is 17.6 Å². The molecule has 0 radical (unpaired) electrons. The standard InChI is InChI=1S/C23H24FNO5S/c1-15-14-23(29-3,8-9-30-15)17-11-18(24)13-20(12-17)31(27,28)19-5-6-21-16(10-19)4-7-22(26)25(21)2/h4-7,10-13,15H,8-9,14H2,1-3H3. The van der Waals surface area contributed by atoms with Crippen LogP contribution in [0.5, 0.6) is 0 Å². The van der Waals surface area contributed by atoms with Crippen LogP contribution in [0.2, 0.25) is 0 Å². The van der Waals surface area contributed by atoms with Gasteiger partial charge in [0.15, 0.2) is 0 Å². The molecule has 0 saturated carbocycles. The van der Waals surface area contributed by atoms with E-state index >= 15 is 0 Å². The lowest BCUT2D eigenvalue weighted by Crippen LogP contribution is -2.39.